The van der Waals surface area contributed by atoms with Crippen LogP contribution in [0.2, 0.25) is 0 Å². The maximum absolute atomic E-state index is 11.7. The van der Waals surface area contributed by atoms with E-state index in [-0.39, 0.29) is 13.0 Å². The van der Waals surface area contributed by atoms with Crippen LogP contribution in [0.25, 0.3) is 0 Å². The Bertz CT molecular complexity index is 417. The summed E-state index contributed by atoms with van der Waals surface area (Å²) in [5, 5.41) is 20.8. The molecule has 98 valence electrons. The zero-order valence-corrected chi connectivity index (χ0v) is 9.70. The number of rotatable bonds is 3. The van der Waals surface area contributed by atoms with Gasteiger partial charge in [0.05, 0.1) is 24.7 Å². The lowest BCUT2D eigenvalue weighted by Gasteiger charge is -2.23. The Labute approximate surface area is 104 Å². The first-order valence-corrected chi connectivity index (χ1v) is 5.70. The molecule has 0 aromatic heterocycles. The lowest BCUT2D eigenvalue weighted by atomic mass is 9.92. The minimum Gasteiger partial charge on any atom is -0.394 e. The molecule has 0 aliphatic carbocycles. The Hall–Kier alpha value is -1.50. The van der Waals surface area contributed by atoms with Gasteiger partial charge < -0.3 is 14.9 Å². The zero-order valence-electron chi connectivity index (χ0n) is 9.70. The van der Waals surface area contributed by atoms with Crippen LogP contribution >= 0.6 is 0 Å². The Morgan fingerprint density at radius 3 is 2.83 bits per heavy atom. The quantitative estimate of drug-likeness (QED) is 0.554. The first kappa shape index (κ1) is 12.9. The summed E-state index contributed by atoms with van der Waals surface area (Å²) >= 11 is 0. The Morgan fingerprint density at radius 1 is 1.56 bits per heavy atom. The molecule has 6 heteroatoms. The summed E-state index contributed by atoms with van der Waals surface area (Å²) in [6.45, 7) is 3.19. The summed E-state index contributed by atoms with van der Waals surface area (Å²) in [7, 11) is 0. The molecule has 1 saturated heterocycles. The van der Waals surface area contributed by atoms with Gasteiger partial charge in [-0.2, -0.15) is 0 Å². The molecule has 2 rings (SSSR count). The number of hydrogen-bond donors (Lipinski definition) is 3. The van der Waals surface area contributed by atoms with Gasteiger partial charge in [-0.1, -0.05) is 18.7 Å². The van der Waals surface area contributed by atoms with E-state index in [4.69, 9.17) is 9.84 Å². The van der Waals surface area contributed by atoms with Crippen LogP contribution in [0.1, 0.15) is 6.42 Å². The van der Waals surface area contributed by atoms with E-state index in [9.17, 15) is 14.7 Å². The van der Waals surface area contributed by atoms with Crippen LogP contribution in [-0.2, 0) is 14.3 Å². The van der Waals surface area contributed by atoms with E-state index >= 15 is 0 Å². The molecule has 0 bridgehead atoms. The summed E-state index contributed by atoms with van der Waals surface area (Å²) in [6, 6.07) is 0. The third-order valence-electron chi connectivity index (χ3n) is 3.21. The van der Waals surface area contributed by atoms with Crippen molar-refractivity contribution in [3.63, 3.8) is 0 Å². The fourth-order valence-electron chi connectivity index (χ4n) is 2.21. The molecule has 6 nitrogen and oxygen atoms in total. The number of amides is 2. The van der Waals surface area contributed by atoms with Crippen LogP contribution in [-0.4, -0.2) is 46.9 Å². The van der Waals surface area contributed by atoms with Gasteiger partial charge in [-0.3, -0.25) is 14.9 Å². The van der Waals surface area contributed by atoms with E-state index in [2.05, 4.69) is 11.9 Å². The number of carbonyl (C=O) groups excluding carboxylic acids is 2. The van der Waals surface area contributed by atoms with Gasteiger partial charge in [0.1, 0.15) is 6.10 Å². The predicted molar refractivity (Wildman–Crippen MR) is 61.3 cm³/mol. The third kappa shape index (κ3) is 2.22. The Kier molecular flexibility index (Phi) is 3.60. The third-order valence-corrected chi connectivity index (χ3v) is 3.21. The summed E-state index contributed by atoms with van der Waals surface area (Å²) in [4.78, 5) is 23.1. The van der Waals surface area contributed by atoms with Crippen LogP contribution in [0.5, 0.6) is 0 Å². The number of aliphatic hydroxyl groups excluding tert-OH is 2. The lowest BCUT2D eigenvalue weighted by molar-refractivity contribution is -0.134. The molecule has 3 N–H and O–H groups in total. The van der Waals surface area contributed by atoms with Crippen molar-refractivity contribution >= 4 is 11.8 Å². The molecule has 4 atom stereocenters. The monoisotopic (exact) mass is 253 g/mol. The van der Waals surface area contributed by atoms with Crippen LogP contribution in [0.3, 0.4) is 0 Å². The number of imide groups is 1. The Morgan fingerprint density at radius 2 is 2.28 bits per heavy atom. The highest BCUT2D eigenvalue weighted by Crippen LogP contribution is 2.29. The number of aliphatic hydroxyl groups is 2. The number of ether oxygens (including phenoxy) is 1. The highest BCUT2D eigenvalue weighted by Gasteiger charge is 2.41. The number of nitrogens with one attached hydrogen (secondary N) is 1. The van der Waals surface area contributed by atoms with Crippen molar-refractivity contribution in [3.8, 4) is 0 Å². The van der Waals surface area contributed by atoms with Crippen molar-refractivity contribution in [2.45, 2.75) is 24.7 Å². The second-order valence-corrected chi connectivity index (χ2v) is 4.37. The highest BCUT2D eigenvalue weighted by molar-refractivity contribution is 6.10. The summed E-state index contributed by atoms with van der Waals surface area (Å²) < 4.78 is 5.41. The fraction of sp³-hybridized carbons (Fsp3) is 0.500. The van der Waals surface area contributed by atoms with E-state index in [1.807, 2.05) is 0 Å². The fourth-order valence-corrected chi connectivity index (χ4v) is 2.21. The average molecular weight is 253 g/mol. The van der Waals surface area contributed by atoms with Gasteiger partial charge in [0.25, 0.3) is 5.91 Å². The van der Waals surface area contributed by atoms with Gasteiger partial charge in [0, 0.05) is 12.0 Å². The minimum atomic E-state index is -0.800. The second kappa shape index (κ2) is 5.01. The van der Waals surface area contributed by atoms with Crippen LogP contribution in [0.15, 0.2) is 24.3 Å². The van der Waals surface area contributed by atoms with Crippen molar-refractivity contribution in [1.82, 2.24) is 5.32 Å². The van der Waals surface area contributed by atoms with Crippen LogP contribution < -0.4 is 5.32 Å². The molecule has 2 heterocycles. The molecule has 2 aliphatic rings. The van der Waals surface area contributed by atoms with Crippen LogP contribution in [0, 0.1) is 5.92 Å². The molecule has 18 heavy (non-hydrogen) atoms. The first-order chi connectivity index (χ1) is 8.56. The lowest BCUT2D eigenvalue weighted by Crippen LogP contribution is -2.44. The zero-order chi connectivity index (χ0) is 13.3. The molecule has 1 fully saturated rings. The SMILES string of the molecule is C=CC1=CC([C@@H]2C[C@H](O)[C@@H](CO)O2)C(=O)NC1=O. The first-order valence-electron chi connectivity index (χ1n) is 5.70. The summed E-state index contributed by atoms with van der Waals surface area (Å²) in [5.74, 6) is -1.59. The predicted octanol–water partition coefficient (Wildman–Crippen LogP) is -1.12. The van der Waals surface area contributed by atoms with Crippen molar-refractivity contribution in [1.29, 1.82) is 0 Å². The van der Waals surface area contributed by atoms with Crippen LogP contribution in [0.4, 0.5) is 0 Å². The molecule has 2 amide bonds. The molecular formula is C12H15NO5. The van der Waals surface area contributed by atoms with E-state index in [0.29, 0.717) is 5.57 Å². The second-order valence-electron chi connectivity index (χ2n) is 4.37. The van der Waals surface area contributed by atoms with Crippen molar-refractivity contribution in [3.05, 3.63) is 24.3 Å². The topological polar surface area (TPSA) is 95.9 Å². The normalized spacial score (nSPS) is 36.2. The van der Waals surface area contributed by atoms with E-state index in [0.717, 1.165) is 0 Å². The summed E-state index contributed by atoms with van der Waals surface area (Å²) in [5.41, 5.74) is 0.310. The summed E-state index contributed by atoms with van der Waals surface area (Å²) in [6.07, 6.45) is 1.08. The molecule has 2 aliphatic heterocycles. The Balaban J connectivity index is 2.18. The molecule has 0 spiro atoms. The smallest absolute Gasteiger partial charge is 0.257 e. The number of carbonyl (C=O) groups is 2. The highest BCUT2D eigenvalue weighted by atomic mass is 16.5. The van der Waals surface area contributed by atoms with Gasteiger partial charge >= 0.3 is 0 Å². The van der Waals surface area contributed by atoms with E-state index < -0.39 is 36.0 Å². The van der Waals surface area contributed by atoms with Crippen molar-refractivity contribution in [2.75, 3.05) is 6.61 Å². The average Bonchev–Trinajstić information content (AvgIpc) is 2.70. The van der Waals surface area contributed by atoms with Crippen molar-refractivity contribution in [2.24, 2.45) is 5.92 Å². The minimum absolute atomic E-state index is 0.248. The van der Waals surface area contributed by atoms with Crippen molar-refractivity contribution < 1.29 is 24.5 Å². The molecule has 0 aromatic carbocycles. The standard InChI is InChI=1S/C12H15NO5/c1-2-6-3-7(12(17)13-11(6)16)9-4-8(15)10(5-14)18-9/h2-3,7-10,14-15H,1,4-5H2,(H,13,16,17)/t7?,8-,9-,10+/m0/s1. The molecular weight excluding hydrogens is 238 g/mol. The van der Waals surface area contributed by atoms with Gasteiger partial charge in [0.2, 0.25) is 5.91 Å². The molecule has 1 unspecified atom stereocenters. The number of hydrogen-bond acceptors (Lipinski definition) is 5. The molecule has 0 radical (unpaired) electrons. The van der Waals surface area contributed by atoms with E-state index in [1.54, 1.807) is 0 Å². The van der Waals surface area contributed by atoms with Gasteiger partial charge in [0.15, 0.2) is 0 Å². The molecule has 0 aromatic rings. The largest absolute Gasteiger partial charge is 0.394 e. The molecule has 0 saturated carbocycles. The van der Waals surface area contributed by atoms with E-state index in [1.165, 1.54) is 12.2 Å². The van der Waals surface area contributed by atoms with Gasteiger partial charge in [-0.15, -0.1) is 0 Å². The van der Waals surface area contributed by atoms with Gasteiger partial charge in [-0.25, -0.2) is 0 Å². The van der Waals surface area contributed by atoms with Gasteiger partial charge in [-0.05, 0) is 0 Å². The maximum atomic E-state index is 11.7. The maximum Gasteiger partial charge on any atom is 0.257 e.